The number of hydrogen-bond donors (Lipinski definition) is 1. The molecule has 2 amide bonds. The highest BCUT2D eigenvalue weighted by Gasteiger charge is 2.48. The fourth-order valence-corrected chi connectivity index (χ4v) is 5.58. The molecule has 0 bridgehead atoms. The zero-order valence-corrected chi connectivity index (χ0v) is 21.4. The summed E-state index contributed by atoms with van der Waals surface area (Å²) in [7, 11) is 3.26. The van der Waals surface area contributed by atoms with Gasteiger partial charge >= 0.3 is 0 Å². The largest absolute Gasteiger partial charge is 0.493 e. The molecule has 1 N–H and O–H groups in total. The van der Waals surface area contributed by atoms with Crippen LogP contribution in [0.4, 0.5) is 5.69 Å². The van der Waals surface area contributed by atoms with Crippen LogP contribution in [0, 0.1) is 29.1 Å². The summed E-state index contributed by atoms with van der Waals surface area (Å²) >= 11 is 0. The summed E-state index contributed by atoms with van der Waals surface area (Å²) in [5, 5.41) is 12.4. The first-order chi connectivity index (χ1) is 16.8. The summed E-state index contributed by atoms with van der Waals surface area (Å²) in [6.45, 7) is 6.35. The highest BCUT2D eigenvalue weighted by Crippen LogP contribution is 2.38. The minimum Gasteiger partial charge on any atom is -0.493 e. The summed E-state index contributed by atoms with van der Waals surface area (Å²) in [6, 6.07) is 8.21. The number of amides is 2. The molecule has 8 nitrogen and oxygen atoms in total. The van der Waals surface area contributed by atoms with Crippen molar-refractivity contribution in [1.82, 2.24) is 10.2 Å². The van der Waals surface area contributed by atoms with E-state index in [2.05, 4.69) is 30.1 Å². The lowest BCUT2D eigenvalue weighted by molar-refractivity contribution is -0.147. The monoisotopic (exact) mass is 482 g/mol. The van der Waals surface area contributed by atoms with E-state index in [0.717, 1.165) is 31.5 Å². The van der Waals surface area contributed by atoms with Crippen molar-refractivity contribution in [2.75, 3.05) is 38.8 Å². The Morgan fingerprint density at radius 1 is 1.09 bits per heavy atom. The minimum absolute atomic E-state index is 0.0452. The normalized spacial score (nSPS) is 25.5. The van der Waals surface area contributed by atoms with Crippen molar-refractivity contribution >= 4 is 17.5 Å². The molecule has 2 saturated carbocycles. The molecule has 2 aliphatic carbocycles. The molecule has 0 spiro atoms. The lowest BCUT2D eigenvalue weighted by Crippen LogP contribution is -2.59. The average molecular weight is 483 g/mol. The van der Waals surface area contributed by atoms with Crippen LogP contribution in [0.15, 0.2) is 18.2 Å². The van der Waals surface area contributed by atoms with Gasteiger partial charge in [-0.15, -0.1) is 0 Å². The first-order valence-electron chi connectivity index (χ1n) is 12.8. The molecular weight excluding hydrogens is 444 g/mol. The SMILES string of the molecule is COc1ccc(N2CCN(C(=O)[C@@H]3CCCC[C@H]3C(=O)NC3(C#N)CC3)[C@H](C(C)C)C2)cc1OC. The van der Waals surface area contributed by atoms with Crippen molar-refractivity contribution < 1.29 is 19.1 Å². The number of benzene rings is 1. The second-order valence-electron chi connectivity index (χ2n) is 10.5. The quantitative estimate of drug-likeness (QED) is 0.640. The van der Waals surface area contributed by atoms with Gasteiger partial charge in [0.2, 0.25) is 11.8 Å². The number of hydrogen-bond acceptors (Lipinski definition) is 6. The van der Waals surface area contributed by atoms with Gasteiger partial charge in [-0.2, -0.15) is 5.26 Å². The highest BCUT2D eigenvalue weighted by atomic mass is 16.5. The van der Waals surface area contributed by atoms with Gasteiger partial charge in [0.05, 0.1) is 26.3 Å². The van der Waals surface area contributed by atoms with Crippen molar-refractivity contribution in [1.29, 1.82) is 5.26 Å². The van der Waals surface area contributed by atoms with Gasteiger partial charge in [0, 0.05) is 43.2 Å². The van der Waals surface area contributed by atoms with Gasteiger partial charge in [-0.3, -0.25) is 9.59 Å². The van der Waals surface area contributed by atoms with Crippen molar-refractivity contribution in [3.63, 3.8) is 0 Å². The van der Waals surface area contributed by atoms with E-state index in [1.54, 1.807) is 14.2 Å². The van der Waals surface area contributed by atoms with Crippen LogP contribution >= 0.6 is 0 Å². The number of methoxy groups -OCH3 is 2. The number of ether oxygens (including phenoxy) is 2. The zero-order valence-electron chi connectivity index (χ0n) is 21.4. The average Bonchev–Trinajstić information content (AvgIpc) is 3.67. The maximum atomic E-state index is 13.9. The summed E-state index contributed by atoms with van der Waals surface area (Å²) in [5.74, 6) is 0.962. The summed E-state index contributed by atoms with van der Waals surface area (Å²) in [6.07, 6.45) is 4.75. The van der Waals surface area contributed by atoms with Crippen LogP contribution in [0.5, 0.6) is 11.5 Å². The zero-order chi connectivity index (χ0) is 25.2. The summed E-state index contributed by atoms with van der Waals surface area (Å²) in [5.41, 5.74) is 0.342. The summed E-state index contributed by atoms with van der Waals surface area (Å²) in [4.78, 5) is 31.3. The molecule has 0 aromatic heterocycles. The Kier molecular flexibility index (Phi) is 7.44. The molecule has 1 aliphatic heterocycles. The topological polar surface area (TPSA) is 94.9 Å². The summed E-state index contributed by atoms with van der Waals surface area (Å²) < 4.78 is 10.9. The van der Waals surface area contributed by atoms with Crippen molar-refractivity contribution in [3.8, 4) is 17.6 Å². The van der Waals surface area contributed by atoms with E-state index in [1.807, 2.05) is 23.1 Å². The third-order valence-electron chi connectivity index (χ3n) is 7.95. The number of rotatable bonds is 7. The van der Waals surface area contributed by atoms with Crippen LogP contribution in [-0.2, 0) is 9.59 Å². The van der Waals surface area contributed by atoms with Crippen molar-refractivity contribution in [2.24, 2.45) is 17.8 Å². The van der Waals surface area contributed by atoms with Crippen molar-refractivity contribution in [3.05, 3.63) is 18.2 Å². The lowest BCUT2D eigenvalue weighted by atomic mass is 9.77. The molecule has 1 aromatic carbocycles. The van der Waals surface area contributed by atoms with Crippen molar-refractivity contribution in [2.45, 2.75) is 64.0 Å². The standard InChI is InChI=1S/C27H38N4O4/c1-18(2)22-16-30(19-9-10-23(34-3)24(15-19)35-4)13-14-31(22)26(33)21-8-6-5-7-20(21)25(32)29-27(17-28)11-12-27/h9-10,15,18,20-22H,5-8,11-14,16H2,1-4H3,(H,29,32)/t20-,21-,22+/m1/s1. The van der Waals surface area contributed by atoms with E-state index in [-0.39, 0.29) is 35.6 Å². The lowest BCUT2D eigenvalue weighted by Gasteiger charge is -2.46. The Morgan fingerprint density at radius 3 is 2.37 bits per heavy atom. The number of nitrogens with one attached hydrogen (secondary N) is 1. The molecule has 1 heterocycles. The van der Waals surface area contributed by atoms with Gasteiger partial charge in [-0.1, -0.05) is 26.7 Å². The van der Waals surface area contributed by atoms with Gasteiger partial charge < -0.3 is 24.6 Å². The molecule has 3 atom stereocenters. The van der Waals surface area contributed by atoms with Crippen LogP contribution in [0.3, 0.4) is 0 Å². The Labute approximate surface area is 208 Å². The molecule has 35 heavy (non-hydrogen) atoms. The van der Waals surface area contributed by atoms with Crippen LogP contribution in [-0.4, -0.2) is 62.1 Å². The number of nitrogens with zero attached hydrogens (tertiary/aromatic N) is 3. The van der Waals surface area contributed by atoms with E-state index >= 15 is 0 Å². The molecule has 0 radical (unpaired) electrons. The smallest absolute Gasteiger partial charge is 0.226 e. The molecule has 1 aromatic rings. The highest BCUT2D eigenvalue weighted by molar-refractivity contribution is 5.89. The predicted molar refractivity (Wildman–Crippen MR) is 133 cm³/mol. The molecule has 8 heteroatoms. The Bertz CT molecular complexity index is 984. The van der Waals surface area contributed by atoms with E-state index < -0.39 is 5.54 Å². The maximum absolute atomic E-state index is 13.9. The Hall–Kier alpha value is -2.95. The van der Waals surface area contributed by atoms with Gasteiger partial charge in [0.15, 0.2) is 11.5 Å². The minimum atomic E-state index is -0.701. The first kappa shape index (κ1) is 25.2. The van der Waals surface area contributed by atoms with E-state index in [1.165, 1.54) is 0 Å². The van der Waals surface area contributed by atoms with Crippen LogP contribution in [0.25, 0.3) is 0 Å². The Morgan fingerprint density at radius 2 is 1.77 bits per heavy atom. The fraction of sp³-hybridized carbons (Fsp3) is 0.667. The second kappa shape index (κ2) is 10.3. The first-order valence-corrected chi connectivity index (χ1v) is 12.8. The molecular formula is C27H38N4O4. The Balaban J connectivity index is 1.49. The molecule has 3 aliphatic rings. The molecule has 0 unspecified atom stereocenters. The van der Waals surface area contributed by atoms with Gasteiger partial charge in [0.25, 0.3) is 0 Å². The van der Waals surface area contributed by atoms with E-state index in [0.29, 0.717) is 43.9 Å². The number of carbonyl (C=O) groups is 2. The maximum Gasteiger partial charge on any atom is 0.226 e. The number of carbonyl (C=O) groups excluding carboxylic acids is 2. The molecule has 1 saturated heterocycles. The number of nitriles is 1. The molecule has 190 valence electrons. The molecule has 4 rings (SSSR count). The van der Waals surface area contributed by atoms with Gasteiger partial charge in [0.1, 0.15) is 5.54 Å². The van der Waals surface area contributed by atoms with Gasteiger partial charge in [-0.05, 0) is 43.7 Å². The number of piperazine rings is 1. The van der Waals surface area contributed by atoms with Crippen LogP contribution in [0.1, 0.15) is 52.4 Å². The second-order valence-corrected chi connectivity index (χ2v) is 10.5. The van der Waals surface area contributed by atoms with Gasteiger partial charge in [-0.25, -0.2) is 0 Å². The van der Waals surface area contributed by atoms with Crippen LogP contribution in [0.2, 0.25) is 0 Å². The van der Waals surface area contributed by atoms with Crippen LogP contribution < -0.4 is 19.7 Å². The number of anilines is 1. The van der Waals surface area contributed by atoms with E-state index in [9.17, 15) is 14.9 Å². The third kappa shape index (κ3) is 5.19. The predicted octanol–water partition coefficient (Wildman–Crippen LogP) is 3.36. The van der Waals surface area contributed by atoms with E-state index in [4.69, 9.17) is 9.47 Å². The fourth-order valence-electron chi connectivity index (χ4n) is 5.58. The molecule has 3 fully saturated rings. The third-order valence-corrected chi connectivity index (χ3v) is 7.95.